The van der Waals surface area contributed by atoms with Gasteiger partial charge in [-0.05, 0) is 42.3 Å². The lowest BCUT2D eigenvalue weighted by Crippen LogP contribution is -2.21. The quantitative estimate of drug-likeness (QED) is 0.710. The predicted octanol–water partition coefficient (Wildman–Crippen LogP) is 2.73. The van der Waals surface area contributed by atoms with Crippen molar-refractivity contribution in [3.05, 3.63) is 59.4 Å². The van der Waals surface area contributed by atoms with E-state index in [1.807, 2.05) is 19.1 Å². The number of benzene rings is 1. The van der Waals surface area contributed by atoms with Crippen molar-refractivity contribution in [3.63, 3.8) is 0 Å². The molecular weight excluding hydrogens is 294 g/mol. The molecule has 0 spiro atoms. The van der Waals surface area contributed by atoms with Gasteiger partial charge in [0.2, 0.25) is 6.41 Å². The zero-order chi connectivity index (χ0) is 16.4. The van der Waals surface area contributed by atoms with Crippen LogP contribution in [-0.4, -0.2) is 27.5 Å². The fourth-order valence-electron chi connectivity index (χ4n) is 2.43. The fourth-order valence-corrected chi connectivity index (χ4v) is 2.43. The van der Waals surface area contributed by atoms with Crippen molar-refractivity contribution < 1.29 is 14.7 Å². The van der Waals surface area contributed by atoms with Crippen LogP contribution in [0.3, 0.4) is 0 Å². The van der Waals surface area contributed by atoms with Gasteiger partial charge >= 0.3 is 5.97 Å². The molecule has 3 aromatic rings. The summed E-state index contributed by atoms with van der Waals surface area (Å²) < 4.78 is 0. The lowest BCUT2D eigenvalue weighted by molar-refractivity contribution is -0.107. The number of nitrogens with one attached hydrogen (secondary N) is 1. The number of hydrogen-bond acceptors (Lipinski definition) is 3. The van der Waals surface area contributed by atoms with Crippen molar-refractivity contribution in [2.45, 2.75) is 13.5 Å². The Bertz CT molecular complexity index is 886. The number of nitrogens with zero attached hydrogens (tertiary/aromatic N) is 2. The molecule has 0 aliphatic carbocycles. The minimum absolute atomic E-state index is 0.204. The summed E-state index contributed by atoms with van der Waals surface area (Å²) in [5.41, 5.74) is 3.33. The van der Waals surface area contributed by atoms with Gasteiger partial charge in [0, 0.05) is 11.6 Å². The number of carboxylic acid groups (broad SMARTS) is 1. The number of pyridine rings is 1. The Hall–Kier alpha value is -3.15. The number of aromatic amines is 1. The Morgan fingerprint density at radius 3 is 2.91 bits per heavy atom. The summed E-state index contributed by atoms with van der Waals surface area (Å²) >= 11 is 0. The van der Waals surface area contributed by atoms with Crippen molar-refractivity contribution >= 4 is 29.1 Å². The smallest absolute Gasteiger partial charge is 0.335 e. The minimum Gasteiger partial charge on any atom is -0.478 e. The fraction of sp³-hybridized carbons (Fsp3) is 0.118. The van der Waals surface area contributed by atoms with Crippen LogP contribution >= 0.6 is 0 Å². The third kappa shape index (κ3) is 2.91. The highest BCUT2D eigenvalue weighted by Crippen LogP contribution is 2.21. The number of anilines is 1. The molecule has 0 saturated carbocycles. The van der Waals surface area contributed by atoms with E-state index in [4.69, 9.17) is 5.11 Å². The first-order valence-corrected chi connectivity index (χ1v) is 7.06. The summed E-state index contributed by atoms with van der Waals surface area (Å²) in [4.78, 5) is 31.4. The van der Waals surface area contributed by atoms with E-state index in [1.54, 1.807) is 30.6 Å². The van der Waals surface area contributed by atoms with Crippen LogP contribution in [0.5, 0.6) is 0 Å². The van der Waals surface area contributed by atoms with Gasteiger partial charge in [-0.25, -0.2) is 9.78 Å². The van der Waals surface area contributed by atoms with E-state index in [-0.39, 0.29) is 12.1 Å². The summed E-state index contributed by atoms with van der Waals surface area (Å²) in [7, 11) is 0. The molecule has 0 aliphatic heterocycles. The first kappa shape index (κ1) is 14.8. The van der Waals surface area contributed by atoms with Crippen molar-refractivity contribution in [2.75, 3.05) is 4.90 Å². The number of aryl methyl sites for hydroxylation is 1. The molecule has 0 atom stereocenters. The van der Waals surface area contributed by atoms with Gasteiger partial charge < -0.3 is 15.0 Å². The molecule has 2 N–H and O–H groups in total. The van der Waals surface area contributed by atoms with Crippen molar-refractivity contribution in [3.8, 4) is 0 Å². The van der Waals surface area contributed by atoms with Gasteiger partial charge in [0.1, 0.15) is 5.65 Å². The maximum Gasteiger partial charge on any atom is 0.335 e. The average Bonchev–Trinajstić information content (AvgIpc) is 3.01. The van der Waals surface area contributed by atoms with E-state index in [0.717, 1.165) is 28.6 Å². The van der Waals surface area contributed by atoms with E-state index in [0.29, 0.717) is 5.69 Å². The van der Waals surface area contributed by atoms with Gasteiger partial charge in [-0.3, -0.25) is 4.79 Å². The van der Waals surface area contributed by atoms with Crippen LogP contribution in [0.2, 0.25) is 0 Å². The molecule has 0 radical (unpaired) electrons. The first-order valence-electron chi connectivity index (χ1n) is 7.06. The highest BCUT2D eigenvalue weighted by atomic mass is 16.4. The van der Waals surface area contributed by atoms with Crippen molar-refractivity contribution in [1.29, 1.82) is 0 Å². The van der Waals surface area contributed by atoms with Crippen LogP contribution < -0.4 is 4.90 Å². The second kappa shape index (κ2) is 5.92. The molecule has 1 aromatic carbocycles. The minimum atomic E-state index is -0.987. The second-order valence-electron chi connectivity index (χ2n) is 5.29. The molecule has 0 fully saturated rings. The van der Waals surface area contributed by atoms with Gasteiger partial charge in [0.15, 0.2) is 0 Å². The number of carbonyl (C=O) groups excluding carboxylic acids is 1. The van der Waals surface area contributed by atoms with Crippen molar-refractivity contribution in [1.82, 2.24) is 9.97 Å². The Kier molecular flexibility index (Phi) is 3.80. The molecule has 1 amide bonds. The molecule has 116 valence electrons. The molecule has 2 heterocycles. The summed E-state index contributed by atoms with van der Waals surface area (Å²) in [5.74, 6) is -0.987. The monoisotopic (exact) mass is 309 g/mol. The van der Waals surface area contributed by atoms with Crippen LogP contribution in [0.1, 0.15) is 21.5 Å². The zero-order valence-corrected chi connectivity index (χ0v) is 12.5. The number of carbonyl (C=O) groups is 2. The van der Waals surface area contributed by atoms with Gasteiger partial charge in [0.25, 0.3) is 0 Å². The SMILES string of the molecule is Cc1ccc(C(=O)O)cc1CN(C=O)c1cnc2[nH]ccc2c1. The summed E-state index contributed by atoms with van der Waals surface area (Å²) in [6.45, 7) is 2.17. The third-order valence-corrected chi connectivity index (χ3v) is 3.78. The number of rotatable bonds is 5. The molecule has 3 rings (SSSR count). The number of hydrogen-bond donors (Lipinski definition) is 2. The normalized spacial score (nSPS) is 10.7. The van der Waals surface area contributed by atoms with Crippen LogP contribution in [-0.2, 0) is 11.3 Å². The Labute approximate surface area is 132 Å². The molecule has 6 heteroatoms. The molecular formula is C17H15N3O3. The Morgan fingerprint density at radius 2 is 2.17 bits per heavy atom. The maximum absolute atomic E-state index is 11.5. The summed E-state index contributed by atoms with van der Waals surface area (Å²) in [6, 6.07) is 8.64. The molecule has 0 unspecified atom stereocenters. The van der Waals surface area contributed by atoms with Crippen LogP contribution in [0.4, 0.5) is 5.69 Å². The van der Waals surface area contributed by atoms with Gasteiger partial charge in [-0.15, -0.1) is 0 Å². The molecule has 0 bridgehead atoms. The molecule has 6 nitrogen and oxygen atoms in total. The lowest BCUT2D eigenvalue weighted by Gasteiger charge is -2.19. The number of amides is 1. The predicted molar refractivity (Wildman–Crippen MR) is 86.5 cm³/mol. The number of aromatic nitrogens is 2. The second-order valence-corrected chi connectivity index (χ2v) is 5.29. The molecule has 23 heavy (non-hydrogen) atoms. The van der Waals surface area contributed by atoms with Gasteiger partial charge in [-0.1, -0.05) is 6.07 Å². The van der Waals surface area contributed by atoms with E-state index < -0.39 is 5.97 Å². The largest absolute Gasteiger partial charge is 0.478 e. The number of carboxylic acids is 1. The molecule has 0 aliphatic rings. The molecule has 2 aromatic heterocycles. The molecule has 0 saturated heterocycles. The van der Waals surface area contributed by atoms with Gasteiger partial charge in [-0.2, -0.15) is 0 Å². The topological polar surface area (TPSA) is 86.3 Å². The number of fused-ring (bicyclic) bond motifs is 1. The van der Waals surface area contributed by atoms with Gasteiger partial charge in [0.05, 0.1) is 24.0 Å². The average molecular weight is 309 g/mol. The number of H-pyrrole nitrogens is 1. The summed E-state index contributed by atoms with van der Waals surface area (Å²) in [5, 5.41) is 10.0. The highest BCUT2D eigenvalue weighted by molar-refractivity contribution is 5.88. The van der Waals surface area contributed by atoms with Crippen molar-refractivity contribution in [2.24, 2.45) is 0 Å². The lowest BCUT2D eigenvalue weighted by atomic mass is 10.0. The third-order valence-electron chi connectivity index (χ3n) is 3.78. The standard InChI is InChI=1S/C17H15N3O3/c1-11-2-3-13(17(22)23)6-14(11)9-20(10-21)15-7-12-4-5-18-16(12)19-8-15/h2-8,10H,9H2,1H3,(H,18,19)(H,22,23). The van der Waals surface area contributed by atoms with Crippen LogP contribution in [0.15, 0.2) is 42.7 Å². The first-order chi connectivity index (χ1) is 11.1. The van der Waals surface area contributed by atoms with E-state index in [2.05, 4.69) is 9.97 Å². The van der Waals surface area contributed by atoms with E-state index in [1.165, 1.54) is 4.90 Å². The van der Waals surface area contributed by atoms with E-state index in [9.17, 15) is 9.59 Å². The Morgan fingerprint density at radius 1 is 1.35 bits per heavy atom. The van der Waals surface area contributed by atoms with Crippen LogP contribution in [0.25, 0.3) is 11.0 Å². The summed E-state index contributed by atoms with van der Waals surface area (Å²) in [6.07, 6.45) is 4.12. The van der Waals surface area contributed by atoms with Crippen LogP contribution in [0, 0.1) is 6.92 Å². The Balaban J connectivity index is 1.94. The zero-order valence-electron chi connectivity index (χ0n) is 12.5. The highest BCUT2D eigenvalue weighted by Gasteiger charge is 2.12. The van der Waals surface area contributed by atoms with E-state index >= 15 is 0 Å². The number of aromatic carboxylic acids is 1. The maximum atomic E-state index is 11.5.